The summed E-state index contributed by atoms with van der Waals surface area (Å²) in [5, 5.41) is 0.303. The zero-order chi connectivity index (χ0) is 10.5. The van der Waals surface area contributed by atoms with Crippen LogP contribution in [0.5, 0.6) is 0 Å². The van der Waals surface area contributed by atoms with Crippen LogP contribution in [0, 0.1) is 5.41 Å². The molecule has 1 unspecified atom stereocenters. The van der Waals surface area contributed by atoms with Crippen LogP contribution in [0.3, 0.4) is 0 Å². The van der Waals surface area contributed by atoms with Crippen molar-refractivity contribution in [3.05, 3.63) is 12.2 Å². The fraction of sp³-hybridized carbons (Fsp3) is 0.833. The first kappa shape index (κ1) is 13.0. The Morgan fingerprint density at radius 1 is 1.31 bits per heavy atom. The molecule has 0 rings (SSSR count). The van der Waals surface area contributed by atoms with Gasteiger partial charge in [0.05, 0.1) is 0 Å². The van der Waals surface area contributed by atoms with Crippen molar-refractivity contribution in [1.82, 2.24) is 0 Å². The number of rotatable bonds is 5. The maximum atomic E-state index is 6.25. The maximum absolute atomic E-state index is 6.25. The van der Waals surface area contributed by atoms with Crippen LogP contribution in [0.25, 0.3) is 0 Å². The van der Waals surface area contributed by atoms with Gasteiger partial charge in [0.2, 0.25) is 0 Å². The van der Waals surface area contributed by atoms with Crippen molar-refractivity contribution >= 4 is 11.6 Å². The Morgan fingerprint density at radius 3 is 2.23 bits per heavy atom. The van der Waals surface area contributed by atoms with Gasteiger partial charge in [-0.25, -0.2) is 0 Å². The fourth-order valence-corrected chi connectivity index (χ4v) is 1.34. The summed E-state index contributed by atoms with van der Waals surface area (Å²) in [6, 6.07) is 0. The molecular formula is C12H23Cl. The van der Waals surface area contributed by atoms with Crippen molar-refractivity contribution in [1.29, 1.82) is 0 Å². The summed E-state index contributed by atoms with van der Waals surface area (Å²) in [5.41, 5.74) is 1.52. The van der Waals surface area contributed by atoms with Crippen LogP contribution in [-0.4, -0.2) is 5.38 Å². The van der Waals surface area contributed by atoms with Crippen LogP contribution >= 0.6 is 11.6 Å². The third-order valence-electron chi connectivity index (χ3n) is 2.25. The fourth-order valence-electron chi connectivity index (χ4n) is 1.18. The summed E-state index contributed by atoms with van der Waals surface area (Å²) in [5.74, 6) is 0. The van der Waals surface area contributed by atoms with Crippen LogP contribution in [0.2, 0.25) is 0 Å². The lowest BCUT2D eigenvalue weighted by Crippen LogP contribution is -2.20. The molecule has 0 fully saturated rings. The van der Waals surface area contributed by atoms with Gasteiger partial charge in [0.25, 0.3) is 0 Å². The smallest absolute Gasteiger partial charge is 0.0384 e. The minimum atomic E-state index is 0.241. The number of hydrogen-bond acceptors (Lipinski definition) is 0. The van der Waals surface area contributed by atoms with Gasteiger partial charge in [-0.05, 0) is 31.6 Å². The Bertz CT molecular complexity index is 153. The number of allylic oxidation sites excluding steroid dienone is 1. The number of alkyl halides is 1. The van der Waals surface area contributed by atoms with Gasteiger partial charge < -0.3 is 0 Å². The zero-order valence-electron chi connectivity index (χ0n) is 9.49. The molecule has 0 bridgehead atoms. The van der Waals surface area contributed by atoms with Gasteiger partial charge in [0.1, 0.15) is 0 Å². The number of hydrogen-bond donors (Lipinski definition) is 0. The molecule has 0 heterocycles. The molecule has 0 aliphatic rings. The first-order chi connectivity index (χ1) is 5.84. The van der Waals surface area contributed by atoms with Crippen molar-refractivity contribution < 1.29 is 0 Å². The predicted molar refractivity (Wildman–Crippen MR) is 62.4 cm³/mol. The van der Waals surface area contributed by atoms with E-state index in [-0.39, 0.29) is 5.41 Å². The van der Waals surface area contributed by atoms with Crippen LogP contribution in [0.15, 0.2) is 12.2 Å². The molecule has 0 aliphatic heterocycles. The van der Waals surface area contributed by atoms with Crippen molar-refractivity contribution in [2.24, 2.45) is 5.41 Å². The van der Waals surface area contributed by atoms with Crippen LogP contribution in [0.4, 0.5) is 0 Å². The van der Waals surface area contributed by atoms with E-state index < -0.39 is 0 Å². The number of halogens is 1. The molecule has 0 spiro atoms. The van der Waals surface area contributed by atoms with E-state index in [0.717, 1.165) is 12.8 Å². The van der Waals surface area contributed by atoms with E-state index in [1.165, 1.54) is 18.4 Å². The highest BCUT2D eigenvalue weighted by Crippen LogP contribution is 2.28. The van der Waals surface area contributed by atoms with E-state index in [2.05, 4.69) is 34.3 Å². The predicted octanol–water partition coefficient (Wildman–Crippen LogP) is 4.78. The summed E-state index contributed by atoms with van der Waals surface area (Å²) in [6.07, 6.45) is 4.72. The van der Waals surface area contributed by atoms with E-state index >= 15 is 0 Å². The summed E-state index contributed by atoms with van der Waals surface area (Å²) in [4.78, 5) is 0. The standard InChI is InChI=1S/C12H23Cl/c1-10(2)8-6-7-9-11(13)12(3,4)5/h11H,1,6-9H2,2-5H3. The minimum absolute atomic E-state index is 0.241. The van der Waals surface area contributed by atoms with Gasteiger partial charge in [0.15, 0.2) is 0 Å². The Labute approximate surface area is 88.4 Å². The van der Waals surface area contributed by atoms with Gasteiger partial charge in [-0.15, -0.1) is 18.2 Å². The van der Waals surface area contributed by atoms with E-state index in [4.69, 9.17) is 11.6 Å². The average molecular weight is 203 g/mol. The molecule has 0 N–H and O–H groups in total. The van der Waals surface area contributed by atoms with Crippen LogP contribution in [-0.2, 0) is 0 Å². The first-order valence-corrected chi connectivity index (χ1v) is 5.56. The lowest BCUT2D eigenvalue weighted by molar-refractivity contribution is 0.366. The quantitative estimate of drug-likeness (QED) is 0.342. The largest absolute Gasteiger partial charge is 0.122 e. The Balaban J connectivity index is 3.49. The molecular weight excluding hydrogens is 180 g/mol. The Kier molecular flexibility index (Phi) is 5.71. The van der Waals surface area contributed by atoms with Gasteiger partial charge in [-0.1, -0.05) is 32.8 Å². The highest BCUT2D eigenvalue weighted by molar-refractivity contribution is 6.21. The second-order valence-electron chi connectivity index (χ2n) is 5.04. The number of unbranched alkanes of at least 4 members (excludes halogenated alkanes) is 1. The summed E-state index contributed by atoms with van der Waals surface area (Å²) in [6.45, 7) is 12.6. The second-order valence-corrected chi connectivity index (χ2v) is 5.56. The van der Waals surface area contributed by atoms with Gasteiger partial charge in [-0.3, -0.25) is 0 Å². The monoisotopic (exact) mass is 202 g/mol. The van der Waals surface area contributed by atoms with Crippen molar-refractivity contribution in [3.63, 3.8) is 0 Å². The first-order valence-electron chi connectivity index (χ1n) is 5.12. The third kappa shape index (κ3) is 7.13. The molecule has 0 aromatic carbocycles. The SMILES string of the molecule is C=C(C)CCCCC(Cl)C(C)(C)C. The zero-order valence-corrected chi connectivity index (χ0v) is 10.2. The second kappa shape index (κ2) is 5.70. The minimum Gasteiger partial charge on any atom is -0.122 e. The summed E-state index contributed by atoms with van der Waals surface area (Å²) in [7, 11) is 0. The molecule has 0 amide bonds. The molecule has 0 saturated heterocycles. The van der Waals surface area contributed by atoms with E-state index in [9.17, 15) is 0 Å². The summed E-state index contributed by atoms with van der Waals surface area (Å²) >= 11 is 6.25. The van der Waals surface area contributed by atoms with Crippen molar-refractivity contribution in [2.75, 3.05) is 0 Å². The van der Waals surface area contributed by atoms with Gasteiger partial charge >= 0.3 is 0 Å². The molecule has 0 aliphatic carbocycles. The van der Waals surface area contributed by atoms with E-state index in [1.807, 2.05) is 0 Å². The molecule has 0 aromatic rings. The molecule has 0 nitrogen and oxygen atoms in total. The molecule has 1 atom stereocenters. The van der Waals surface area contributed by atoms with Crippen LogP contribution in [0.1, 0.15) is 53.4 Å². The highest BCUT2D eigenvalue weighted by Gasteiger charge is 2.21. The molecule has 13 heavy (non-hydrogen) atoms. The van der Waals surface area contributed by atoms with Crippen LogP contribution < -0.4 is 0 Å². The molecule has 0 radical (unpaired) electrons. The lowest BCUT2D eigenvalue weighted by atomic mass is 9.88. The molecule has 78 valence electrons. The lowest BCUT2D eigenvalue weighted by Gasteiger charge is -2.24. The van der Waals surface area contributed by atoms with Crippen molar-refractivity contribution in [2.45, 2.75) is 58.8 Å². The highest BCUT2D eigenvalue weighted by atomic mass is 35.5. The maximum Gasteiger partial charge on any atom is 0.0384 e. The third-order valence-corrected chi connectivity index (χ3v) is 3.12. The average Bonchev–Trinajstić information content (AvgIpc) is 1.95. The topological polar surface area (TPSA) is 0 Å². The molecule has 0 saturated carbocycles. The Morgan fingerprint density at radius 2 is 1.85 bits per heavy atom. The normalized spacial score (nSPS) is 14.2. The Hall–Kier alpha value is 0.0300. The van der Waals surface area contributed by atoms with E-state index in [1.54, 1.807) is 0 Å². The molecule has 1 heteroatoms. The molecule has 0 aromatic heterocycles. The van der Waals surface area contributed by atoms with Gasteiger partial charge in [-0.2, -0.15) is 0 Å². The van der Waals surface area contributed by atoms with Gasteiger partial charge in [0, 0.05) is 5.38 Å². The summed E-state index contributed by atoms with van der Waals surface area (Å²) < 4.78 is 0. The van der Waals surface area contributed by atoms with Crippen molar-refractivity contribution in [3.8, 4) is 0 Å². The van der Waals surface area contributed by atoms with E-state index in [0.29, 0.717) is 5.38 Å².